The summed E-state index contributed by atoms with van der Waals surface area (Å²) in [5.41, 5.74) is 4.23. The molecule has 1 aliphatic rings. The van der Waals surface area contributed by atoms with Crippen LogP contribution in [0.15, 0.2) is 18.2 Å². The van der Waals surface area contributed by atoms with Gasteiger partial charge in [-0.1, -0.05) is 52.2 Å². The standard InChI is InChI=1S/C18H29NO/c1-4-5-6-7-15(13-20)14-8-9-16-17(12-14)19-11-10-18(16,2)3/h8-9,12,15,19-20H,4-7,10-11,13H2,1-3H3/t15-/m0/s1. The van der Waals surface area contributed by atoms with Gasteiger partial charge in [-0.2, -0.15) is 0 Å². The molecule has 2 nitrogen and oxygen atoms in total. The molecule has 0 unspecified atom stereocenters. The summed E-state index contributed by atoms with van der Waals surface area (Å²) in [5.74, 6) is 0.290. The molecule has 2 N–H and O–H groups in total. The first-order valence-corrected chi connectivity index (χ1v) is 8.07. The number of hydrogen-bond acceptors (Lipinski definition) is 2. The van der Waals surface area contributed by atoms with Gasteiger partial charge in [0.2, 0.25) is 0 Å². The van der Waals surface area contributed by atoms with Gasteiger partial charge in [0, 0.05) is 24.8 Å². The molecule has 2 heteroatoms. The summed E-state index contributed by atoms with van der Waals surface area (Å²) in [5, 5.41) is 13.2. The van der Waals surface area contributed by atoms with Crippen molar-refractivity contribution in [2.24, 2.45) is 0 Å². The zero-order chi connectivity index (χ0) is 14.6. The molecule has 1 aliphatic heterocycles. The Morgan fingerprint density at radius 3 is 2.80 bits per heavy atom. The molecule has 0 radical (unpaired) electrons. The van der Waals surface area contributed by atoms with Crippen LogP contribution in [0.4, 0.5) is 5.69 Å². The van der Waals surface area contributed by atoms with Crippen LogP contribution in [-0.4, -0.2) is 18.3 Å². The van der Waals surface area contributed by atoms with Crippen LogP contribution in [0.25, 0.3) is 0 Å². The van der Waals surface area contributed by atoms with Gasteiger partial charge in [0.25, 0.3) is 0 Å². The van der Waals surface area contributed by atoms with Gasteiger partial charge < -0.3 is 10.4 Å². The first-order chi connectivity index (χ1) is 9.58. The van der Waals surface area contributed by atoms with E-state index in [2.05, 4.69) is 44.3 Å². The molecule has 0 spiro atoms. The van der Waals surface area contributed by atoms with Gasteiger partial charge in [-0.25, -0.2) is 0 Å². The monoisotopic (exact) mass is 275 g/mol. The lowest BCUT2D eigenvalue weighted by Gasteiger charge is -2.34. The largest absolute Gasteiger partial charge is 0.396 e. The number of fused-ring (bicyclic) bond motifs is 1. The predicted octanol–water partition coefficient (Wildman–Crippen LogP) is 4.44. The Labute approximate surface area is 123 Å². The van der Waals surface area contributed by atoms with E-state index in [9.17, 15) is 5.11 Å². The van der Waals surface area contributed by atoms with Crippen LogP contribution in [-0.2, 0) is 5.41 Å². The molecule has 0 fully saturated rings. The van der Waals surface area contributed by atoms with Crippen LogP contribution in [0, 0.1) is 0 Å². The lowest BCUT2D eigenvalue weighted by atomic mass is 9.77. The van der Waals surface area contributed by atoms with Crippen molar-refractivity contribution in [3.63, 3.8) is 0 Å². The van der Waals surface area contributed by atoms with E-state index in [1.807, 2.05) is 0 Å². The molecule has 20 heavy (non-hydrogen) atoms. The molecule has 1 aromatic rings. The first-order valence-electron chi connectivity index (χ1n) is 8.07. The fraction of sp³-hybridized carbons (Fsp3) is 0.667. The molecule has 2 rings (SSSR count). The van der Waals surface area contributed by atoms with Crippen molar-refractivity contribution in [3.8, 4) is 0 Å². The van der Waals surface area contributed by atoms with Gasteiger partial charge in [-0.3, -0.25) is 0 Å². The number of hydrogen-bond donors (Lipinski definition) is 2. The van der Waals surface area contributed by atoms with Gasteiger partial charge in [0.1, 0.15) is 0 Å². The second-order valence-corrected chi connectivity index (χ2v) is 6.74. The van der Waals surface area contributed by atoms with Gasteiger partial charge in [-0.15, -0.1) is 0 Å². The number of rotatable bonds is 6. The lowest BCUT2D eigenvalue weighted by Crippen LogP contribution is -2.28. The highest BCUT2D eigenvalue weighted by atomic mass is 16.3. The summed E-state index contributed by atoms with van der Waals surface area (Å²) in [6.07, 6.45) is 5.97. The second kappa shape index (κ2) is 6.62. The highest BCUT2D eigenvalue weighted by Gasteiger charge is 2.27. The average molecular weight is 275 g/mol. The van der Waals surface area contributed by atoms with Crippen LogP contribution >= 0.6 is 0 Å². The van der Waals surface area contributed by atoms with E-state index < -0.39 is 0 Å². The Hall–Kier alpha value is -1.02. The molecule has 0 aliphatic carbocycles. The summed E-state index contributed by atoms with van der Waals surface area (Å²) >= 11 is 0. The average Bonchev–Trinajstić information content (AvgIpc) is 2.43. The summed E-state index contributed by atoms with van der Waals surface area (Å²) < 4.78 is 0. The number of aliphatic hydroxyl groups excluding tert-OH is 1. The third-order valence-corrected chi connectivity index (χ3v) is 4.69. The fourth-order valence-electron chi connectivity index (χ4n) is 3.20. The second-order valence-electron chi connectivity index (χ2n) is 6.74. The maximum atomic E-state index is 9.67. The molecule has 1 atom stereocenters. The van der Waals surface area contributed by atoms with Crippen LogP contribution in [0.3, 0.4) is 0 Å². The Bertz CT molecular complexity index is 439. The third-order valence-electron chi connectivity index (χ3n) is 4.69. The molecule has 0 aromatic heterocycles. The molecule has 0 saturated heterocycles. The van der Waals surface area contributed by atoms with Crippen LogP contribution < -0.4 is 5.32 Å². The van der Waals surface area contributed by atoms with Crippen molar-refractivity contribution >= 4 is 5.69 Å². The van der Waals surface area contributed by atoms with Gasteiger partial charge >= 0.3 is 0 Å². The number of nitrogens with one attached hydrogen (secondary N) is 1. The van der Waals surface area contributed by atoms with Crippen molar-refractivity contribution in [1.82, 2.24) is 0 Å². The number of benzene rings is 1. The normalized spacial score (nSPS) is 18.2. The SMILES string of the molecule is CCCCC[C@@H](CO)c1ccc2c(c1)NCCC2(C)C. The van der Waals surface area contributed by atoms with Crippen molar-refractivity contribution < 1.29 is 5.11 Å². The van der Waals surface area contributed by atoms with E-state index >= 15 is 0 Å². The Kier molecular flexibility index (Phi) is 5.09. The molecule has 1 heterocycles. The zero-order valence-corrected chi connectivity index (χ0v) is 13.2. The van der Waals surface area contributed by atoms with E-state index in [0.717, 1.165) is 13.0 Å². The maximum Gasteiger partial charge on any atom is 0.0499 e. The van der Waals surface area contributed by atoms with Crippen molar-refractivity contribution in [2.45, 2.75) is 64.2 Å². The predicted molar refractivity (Wildman–Crippen MR) is 86.5 cm³/mol. The summed E-state index contributed by atoms with van der Waals surface area (Å²) in [6, 6.07) is 6.75. The Balaban J connectivity index is 2.17. The minimum Gasteiger partial charge on any atom is -0.396 e. The minimum atomic E-state index is 0.256. The van der Waals surface area contributed by atoms with E-state index in [-0.39, 0.29) is 12.0 Å². The third kappa shape index (κ3) is 3.35. The van der Waals surface area contributed by atoms with Gasteiger partial charge in [0.15, 0.2) is 0 Å². The van der Waals surface area contributed by atoms with E-state index in [1.54, 1.807) is 0 Å². The Morgan fingerprint density at radius 2 is 2.10 bits per heavy atom. The minimum absolute atomic E-state index is 0.256. The highest BCUT2D eigenvalue weighted by Crippen LogP contribution is 2.38. The maximum absolute atomic E-state index is 9.67. The highest BCUT2D eigenvalue weighted by molar-refractivity contribution is 5.58. The van der Waals surface area contributed by atoms with E-state index in [0.29, 0.717) is 5.92 Å². The zero-order valence-electron chi connectivity index (χ0n) is 13.2. The molecular weight excluding hydrogens is 246 g/mol. The number of unbranched alkanes of at least 4 members (excludes halogenated alkanes) is 2. The topological polar surface area (TPSA) is 32.3 Å². The molecule has 0 saturated carbocycles. The molecular formula is C18H29NO. The summed E-state index contributed by atoms with van der Waals surface area (Å²) in [4.78, 5) is 0. The number of anilines is 1. The van der Waals surface area contributed by atoms with Crippen molar-refractivity contribution in [2.75, 3.05) is 18.5 Å². The quantitative estimate of drug-likeness (QED) is 0.752. The molecule has 0 amide bonds. The van der Waals surface area contributed by atoms with Gasteiger partial charge in [-0.05, 0) is 35.4 Å². The lowest BCUT2D eigenvalue weighted by molar-refractivity contribution is 0.256. The van der Waals surface area contributed by atoms with Crippen molar-refractivity contribution in [3.05, 3.63) is 29.3 Å². The van der Waals surface area contributed by atoms with Gasteiger partial charge in [0.05, 0.1) is 0 Å². The van der Waals surface area contributed by atoms with Crippen LogP contribution in [0.2, 0.25) is 0 Å². The van der Waals surface area contributed by atoms with Crippen molar-refractivity contribution in [1.29, 1.82) is 0 Å². The number of aliphatic hydroxyl groups is 1. The molecule has 1 aromatic carbocycles. The van der Waals surface area contributed by atoms with E-state index in [1.165, 1.54) is 42.5 Å². The smallest absolute Gasteiger partial charge is 0.0499 e. The van der Waals surface area contributed by atoms with E-state index in [4.69, 9.17) is 0 Å². The van der Waals surface area contributed by atoms with Crippen LogP contribution in [0.5, 0.6) is 0 Å². The fourth-order valence-corrected chi connectivity index (χ4v) is 3.20. The summed E-state index contributed by atoms with van der Waals surface area (Å²) in [7, 11) is 0. The van der Waals surface area contributed by atoms with Crippen LogP contribution in [0.1, 0.15) is 69.9 Å². The molecule has 112 valence electrons. The molecule has 0 bridgehead atoms. The summed E-state index contributed by atoms with van der Waals surface area (Å²) in [6.45, 7) is 8.15. The Morgan fingerprint density at radius 1 is 1.30 bits per heavy atom. The first kappa shape index (κ1) is 15.4.